The van der Waals surface area contributed by atoms with Crippen LogP contribution in [-0.4, -0.2) is 23.6 Å². The fraction of sp³-hybridized carbons (Fsp3) is 0.722. The van der Waals surface area contributed by atoms with Gasteiger partial charge in [0.15, 0.2) is 0 Å². The molecule has 3 nitrogen and oxygen atoms in total. The number of pyridine rings is 1. The molecule has 0 radical (unpaired) electrons. The van der Waals surface area contributed by atoms with Crippen LogP contribution in [0.2, 0.25) is 0 Å². The lowest BCUT2D eigenvalue weighted by Crippen LogP contribution is -2.47. The van der Waals surface area contributed by atoms with E-state index in [9.17, 15) is 0 Å². The van der Waals surface area contributed by atoms with E-state index in [1.165, 1.54) is 56.5 Å². The van der Waals surface area contributed by atoms with Gasteiger partial charge < -0.3 is 10.2 Å². The fourth-order valence-corrected chi connectivity index (χ4v) is 3.92. The van der Waals surface area contributed by atoms with Gasteiger partial charge >= 0.3 is 0 Å². The molecule has 1 aliphatic heterocycles. The molecule has 3 rings (SSSR count). The predicted molar refractivity (Wildman–Crippen MR) is 88.5 cm³/mol. The molecule has 0 amide bonds. The molecule has 1 aromatic heterocycles. The van der Waals surface area contributed by atoms with E-state index in [0.717, 1.165) is 18.5 Å². The highest BCUT2D eigenvalue weighted by Crippen LogP contribution is 2.37. The highest BCUT2D eigenvalue weighted by molar-refractivity contribution is 5.41. The second-order valence-electron chi connectivity index (χ2n) is 7.01. The summed E-state index contributed by atoms with van der Waals surface area (Å²) >= 11 is 0. The zero-order chi connectivity index (χ0) is 14.7. The highest BCUT2D eigenvalue weighted by Gasteiger charge is 2.33. The first-order valence-electron chi connectivity index (χ1n) is 8.69. The molecule has 1 saturated carbocycles. The van der Waals surface area contributed by atoms with Crippen molar-refractivity contribution in [3.63, 3.8) is 0 Å². The predicted octanol–water partition coefficient (Wildman–Crippen LogP) is 3.74. The van der Waals surface area contributed by atoms with Crippen molar-refractivity contribution in [1.29, 1.82) is 0 Å². The largest absolute Gasteiger partial charge is 0.353 e. The number of fused-ring (bicyclic) bond motifs is 1. The minimum Gasteiger partial charge on any atom is -0.353 e. The van der Waals surface area contributed by atoms with E-state index in [1.807, 2.05) is 0 Å². The molecule has 0 spiro atoms. The summed E-state index contributed by atoms with van der Waals surface area (Å²) in [7, 11) is 0. The second-order valence-corrected chi connectivity index (χ2v) is 7.01. The van der Waals surface area contributed by atoms with E-state index >= 15 is 0 Å². The Balaban J connectivity index is 1.67. The molecule has 2 aliphatic rings. The number of nitrogens with one attached hydrogen (secondary N) is 1. The van der Waals surface area contributed by atoms with Gasteiger partial charge in [-0.1, -0.05) is 32.8 Å². The molecule has 1 N–H and O–H groups in total. The third kappa shape index (κ3) is 3.57. The van der Waals surface area contributed by atoms with Crippen molar-refractivity contribution in [3.05, 3.63) is 23.9 Å². The summed E-state index contributed by atoms with van der Waals surface area (Å²) in [6.45, 7) is 6.46. The molecule has 2 heterocycles. The lowest BCUT2D eigenvalue weighted by Gasteiger charge is -2.44. The quantitative estimate of drug-likeness (QED) is 0.914. The zero-order valence-corrected chi connectivity index (χ0v) is 13.5. The van der Waals surface area contributed by atoms with Gasteiger partial charge in [0.2, 0.25) is 0 Å². The minimum absolute atomic E-state index is 0.523. The summed E-state index contributed by atoms with van der Waals surface area (Å²) in [5.74, 6) is 2.11. The summed E-state index contributed by atoms with van der Waals surface area (Å²) < 4.78 is 0. The third-order valence-corrected chi connectivity index (χ3v) is 5.06. The van der Waals surface area contributed by atoms with Crippen LogP contribution < -0.4 is 10.2 Å². The number of rotatable bonds is 4. The van der Waals surface area contributed by atoms with Crippen molar-refractivity contribution < 1.29 is 0 Å². The van der Waals surface area contributed by atoms with Gasteiger partial charge in [-0.25, -0.2) is 4.98 Å². The van der Waals surface area contributed by atoms with Crippen LogP contribution in [0.5, 0.6) is 0 Å². The molecule has 0 bridgehead atoms. The second kappa shape index (κ2) is 6.78. The van der Waals surface area contributed by atoms with Gasteiger partial charge in [-0.15, -0.1) is 0 Å². The molecule has 0 unspecified atom stereocenters. The van der Waals surface area contributed by atoms with E-state index in [2.05, 4.69) is 42.4 Å². The average molecular weight is 287 g/mol. The molecule has 116 valence electrons. The number of aromatic nitrogens is 1. The molecule has 21 heavy (non-hydrogen) atoms. The number of piperidine rings is 1. The Morgan fingerprint density at radius 2 is 2.00 bits per heavy atom. The van der Waals surface area contributed by atoms with E-state index in [1.54, 1.807) is 0 Å². The number of nitrogens with zero attached hydrogens (tertiary/aromatic N) is 2. The molecule has 1 saturated heterocycles. The topological polar surface area (TPSA) is 28.2 Å². The first-order chi connectivity index (χ1) is 10.2. The number of anilines is 1. The van der Waals surface area contributed by atoms with Gasteiger partial charge in [0.05, 0.1) is 0 Å². The van der Waals surface area contributed by atoms with Crippen LogP contribution in [0, 0.1) is 5.92 Å². The number of hydrogen-bond donors (Lipinski definition) is 1. The van der Waals surface area contributed by atoms with Crippen molar-refractivity contribution in [1.82, 2.24) is 10.3 Å². The highest BCUT2D eigenvalue weighted by atomic mass is 15.2. The molecule has 2 atom stereocenters. The SMILES string of the molecule is CC(C)NCc1ccc(N2CCC[C@H]3CCCC[C@H]32)nc1. The van der Waals surface area contributed by atoms with E-state index in [-0.39, 0.29) is 0 Å². The lowest BCUT2D eigenvalue weighted by atomic mass is 9.78. The first-order valence-corrected chi connectivity index (χ1v) is 8.69. The molecule has 3 heteroatoms. The van der Waals surface area contributed by atoms with Crippen molar-refractivity contribution >= 4 is 5.82 Å². The van der Waals surface area contributed by atoms with Gasteiger partial charge in [-0.05, 0) is 43.2 Å². The monoisotopic (exact) mass is 287 g/mol. The summed E-state index contributed by atoms with van der Waals surface area (Å²) in [6.07, 6.45) is 10.4. The van der Waals surface area contributed by atoms with Crippen LogP contribution in [0.25, 0.3) is 0 Å². The number of hydrogen-bond acceptors (Lipinski definition) is 3. The van der Waals surface area contributed by atoms with E-state index in [0.29, 0.717) is 6.04 Å². The zero-order valence-electron chi connectivity index (χ0n) is 13.5. The van der Waals surface area contributed by atoms with Gasteiger partial charge in [0.1, 0.15) is 5.82 Å². The molecule has 1 aliphatic carbocycles. The average Bonchev–Trinajstić information content (AvgIpc) is 2.53. The Morgan fingerprint density at radius 3 is 2.76 bits per heavy atom. The standard InChI is InChI=1S/C18H29N3/c1-14(2)19-12-15-9-10-18(20-13-15)21-11-5-7-16-6-3-4-8-17(16)21/h9-10,13-14,16-17,19H,3-8,11-12H2,1-2H3/t16-,17-/m1/s1. The van der Waals surface area contributed by atoms with E-state index in [4.69, 9.17) is 4.98 Å². The normalized spacial score (nSPS) is 26.0. The minimum atomic E-state index is 0.523. The van der Waals surface area contributed by atoms with E-state index < -0.39 is 0 Å². The van der Waals surface area contributed by atoms with Crippen LogP contribution in [0.15, 0.2) is 18.3 Å². The van der Waals surface area contributed by atoms with Gasteiger partial charge in [-0.2, -0.15) is 0 Å². The summed E-state index contributed by atoms with van der Waals surface area (Å²) in [4.78, 5) is 7.35. The smallest absolute Gasteiger partial charge is 0.128 e. The maximum atomic E-state index is 4.76. The first kappa shape index (κ1) is 14.8. The van der Waals surface area contributed by atoms with Gasteiger partial charge in [0.25, 0.3) is 0 Å². The Bertz CT molecular complexity index is 438. The summed E-state index contributed by atoms with van der Waals surface area (Å²) in [6, 6.07) is 5.74. The van der Waals surface area contributed by atoms with Crippen molar-refractivity contribution in [2.75, 3.05) is 11.4 Å². The van der Waals surface area contributed by atoms with Crippen LogP contribution in [0.3, 0.4) is 0 Å². The lowest BCUT2D eigenvalue weighted by molar-refractivity contribution is 0.242. The fourth-order valence-electron chi connectivity index (χ4n) is 3.92. The Labute approximate surface area is 129 Å². The van der Waals surface area contributed by atoms with Crippen molar-refractivity contribution in [2.45, 2.75) is 71.0 Å². The maximum absolute atomic E-state index is 4.76. The molecule has 1 aromatic rings. The Kier molecular flexibility index (Phi) is 4.79. The van der Waals surface area contributed by atoms with Crippen molar-refractivity contribution in [3.8, 4) is 0 Å². The van der Waals surface area contributed by atoms with Crippen LogP contribution >= 0.6 is 0 Å². The molecule has 2 fully saturated rings. The van der Waals surface area contributed by atoms with Gasteiger partial charge in [0, 0.05) is 31.4 Å². The molecular weight excluding hydrogens is 258 g/mol. The van der Waals surface area contributed by atoms with Crippen LogP contribution in [0.4, 0.5) is 5.82 Å². The van der Waals surface area contributed by atoms with Gasteiger partial charge in [-0.3, -0.25) is 0 Å². The van der Waals surface area contributed by atoms with Crippen LogP contribution in [-0.2, 0) is 6.54 Å². The van der Waals surface area contributed by atoms with Crippen molar-refractivity contribution in [2.24, 2.45) is 5.92 Å². The molecular formula is C18H29N3. The molecule has 0 aromatic carbocycles. The Morgan fingerprint density at radius 1 is 1.19 bits per heavy atom. The summed E-state index contributed by atoms with van der Waals surface area (Å²) in [5, 5.41) is 3.45. The maximum Gasteiger partial charge on any atom is 0.128 e. The Hall–Kier alpha value is -1.09. The third-order valence-electron chi connectivity index (χ3n) is 5.06. The van der Waals surface area contributed by atoms with Crippen LogP contribution in [0.1, 0.15) is 57.9 Å². The summed E-state index contributed by atoms with van der Waals surface area (Å²) in [5.41, 5.74) is 1.28.